The van der Waals surface area contributed by atoms with E-state index in [1.807, 2.05) is 49.4 Å². The fourth-order valence-corrected chi connectivity index (χ4v) is 9.64. The summed E-state index contributed by atoms with van der Waals surface area (Å²) in [5.74, 6) is -1.48. The molecule has 3 aromatic heterocycles. The average Bonchev–Trinajstić information content (AvgIpc) is 3.55. The zero-order valence-electron chi connectivity index (χ0n) is 34.2. The van der Waals surface area contributed by atoms with Crippen molar-refractivity contribution in [1.82, 2.24) is 30.5 Å². The Morgan fingerprint density at radius 2 is 1.72 bits per heavy atom. The first kappa shape index (κ1) is 44.9. The van der Waals surface area contributed by atoms with Crippen molar-refractivity contribution < 1.29 is 22.8 Å². The minimum absolute atomic E-state index is 0.00963. The standard InChI is InChI=1S/C44H53ClN8O5S2/c1-27-35(34-12-4-5-13-37(34)52-27)22-39-42(55)51-25-32-18-30(31-19-33(26-48-23-31)60(3,57)58)20-36(45)41(32)59-43-29(11-9-17-49-43)24-50-38(14-8-16-47)40(54)21-28(10-6-7-15-46)44(56)53(39)2/h4-5,9,11-13,17-20,23,26,28,38-39,50,52H,6-8,10,14-16,21-22,24-25,46-47H2,1-3H3,(H,51,55)/t28-,38+,39+/m1/s1. The molecule has 0 fully saturated rings. The molecule has 0 saturated heterocycles. The SMILES string of the molecule is Cc1[nH]c2ccccc2c1C[C@H]1C(=O)NCc2cc(-c3cncc(S(C)(=O)=O)c3)cc(Cl)c2Sc2ncccc2CN[C@@H](CCCN)C(=O)C[C@@H](CCCCN)C(=O)N1C. The molecule has 16 heteroatoms. The lowest BCUT2D eigenvalue weighted by molar-refractivity contribution is -0.143. The number of rotatable bonds is 11. The number of hydrogen-bond acceptors (Lipinski definition) is 11. The number of pyridine rings is 2. The number of halogens is 1. The van der Waals surface area contributed by atoms with E-state index in [1.54, 1.807) is 31.6 Å². The van der Waals surface area contributed by atoms with Crippen LogP contribution in [0, 0.1) is 12.8 Å². The van der Waals surface area contributed by atoms with Gasteiger partial charge in [0.25, 0.3) is 0 Å². The van der Waals surface area contributed by atoms with Crippen LogP contribution < -0.4 is 22.1 Å². The number of nitrogens with zero attached hydrogens (tertiary/aromatic N) is 3. The third-order valence-corrected chi connectivity index (χ3v) is 13.8. The maximum absolute atomic E-state index is 14.7. The Balaban J connectivity index is 1.48. The number of H-pyrrole nitrogens is 1. The van der Waals surface area contributed by atoms with Crippen molar-refractivity contribution in [3.8, 4) is 11.1 Å². The van der Waals surface area contributed by atoms with Crippen molar-refractivity contribution in [2.75, 3.05) is 26.4 Å². The molecule has 0 saturated carbocycles. The first-order valence-corrected chi connectivity index (χ1v) is 23.2. The summed E-state index contributed by atoms with van der Waals surface area (Å²) >= 11 is 8.45. The highest BCUT2D eigenvalue weighted by Crippen LogP contribution is 2.40. The Kier molecular flexibility index (Phi) is 15.2. The molecule has 0 radical (unpaired) electrons. The molecule has 1 aliphatic rings. The highest BCUT2D eigenvalue weighted by Gasteiger charge is 2.35. The van der Waals surface area contributed by atoms with Gasteiger partial charge in [0, 0.05) is 90.8 Å². The number of likely N-dealkylation sites (N-methyl/N-ethyl adjacent to an activating group) is 1. The Bertz CT molecular complexity index is 2460. The van der Waals surface area contributed by atoms with Gasteiger partial charge in [-0.25, -0.2) is 13.4 Å². The number of nitrogens with one attached hydrogen (secondary N) is 3. The number of sulfone groups is 1. The number of nitrogens with two attached hydrogens (primary N) is 2. The van der Waals surface area contributed by atoms with E-state index in [2.05, 4.69) is 20.6 Å². The van der Waals surface area contributed by atoms with Crippen LogP contribution in [0.5, 0.6) is 0 Å². The second kappa shape index (κ2) is 20.3. The molecule has 5 aromatic rings. The number of ketones is 1. The third-order valence-electron chi connectivity index (χ3n) is 11.1. The van der Waals surface area contributed by atoms with Gasteiger partial charge in [0.1, 0.15) is 11.1 Å². The van der Waals surface area contributed by atoms with Gasteiger partial charge in [0.15, 0.2) is 15.6 Å². The van der Waals surface area contributed by atoms with Crippen LogP contribution in [-0.2, 0) is 43.7 Å². The lowest BCUT2D eigenvalue weighted by atomic mass is 9.90. The first-order chi connectivity index (χ1) is 28.8. The molecule has 7 N–H and O–H groups in total. The van der Waals surface area contributed by atoms with E-state index < -0.39 is 33.7 Å². The number of aromatic nitrogens is 3. The molecule has 6 rings (SSSR count). The van der Waals surface area contributed by atoms with E-state index in [0.29, 0.717) is 83.4 Å². The van der Waals surface area contributed by atoms with Crippen molar-refractivity contribution in [3.05, 3.63) is 101 Å². The lowest BCUT2D eigenvalue weighted by Crippen LogP contribution is -2.51. The summed E-state index contributed by atoms with van der Waals surface area (Å²) < 4.78 is 25.0. The van der Waals surface area contributed by atoms with E-state index in [-0.39, 0.29) is 36.0 Å². The van der Waals surface area contributed by atoms with Gasteiger partial charge in [0.2, 0.25) is 11.8 Å². The van der Waals surface area contributed by atoms with Crippen LogP contribution >= 0.6 is 23.4 Å². The fourth-order valence-electron chi connectivity index (χ4n) is 7.69. The third kappa shape index (κ3) is 10.8. The number of aromatic amines is 1. The molecule has 0 aliphatic carbocycles. The van der Waals surface area contributed by atoms with Crippen LogP contribution in [0.1, 0.15) is 60.9 Å². The summed E-state index contributed by atoms with van der Waals surface area (Å²) in [5.41, 5.74) is 17.1. The molecule has 0 spiro atoms. The Morgan fingerprint density at radius 3 is 2.48 bits per heavy atom. The minimum atomic E-state index is -3.56. The van der Waals surface area contributed by atoms with Gasteiger partial charge < -0.3 is 32.0 Å². The number of unbranched alkanes of at least 4 members (excludes halogenated alkanes) is 1. The summed E-state index contributed by atoms with van der Waals surface area (Å²) in [6.07, 6.45) is 8.71. The highest BCUT2D eigenvalue weighted by molar-refractivity contribution is 7.99. The molecule has 1 aliphatic heterocycles. The largest absolute Gasteiger partial charge is 0.358 e. The quantitative estimate of drug-likeness (QED) is 0.101. The van der Waals surface area contributed by atoms with Gasteiger partial charge in [0.05, 0.1) is 16.0 Å². The van der Waals surface area contributed by atoms with Crippen molar-refractivity contribution in [1.29, 1.82) is 0 Å². The summed E-state index contributed by atoms with van der Waals surface area (Å²) in [6, 6.07) is 15.2. The Morgan fingerprint density at radius 1 is 0.933 bits per heavy atom. The summed E-state index contributed by atoms with van der Waals surface area (Å²) in [7, 11) is -1.92. The number of carbonyl (C=O) groups is 3. The van der Waals surface area contributed by atoms with Crippen LogP contribution in [0.2, 0.25) is 5.02 Å². The smallest absolute Gasteiger partial charge is 0.243 e. The van der Waals surface area contributed by atoms with Crippen LogP contribution in [0.15, 0.2) is 88.0 Å². The minimum Gasteiger partial charge on any atom is -0.358 e. The summed E-state index contributed by atoms with van der Waals surface area (Å²) in [4.78, 5) is 58.2. The van der Waals surface area contributed by atoms with Crippen LogP contribution in [-0.4, -0.2) is 84.3 Å². The topological polar surface area (TPSA) is 206 Å². The zero-order chi connectivity index (χ0) is 43.0. The van der Waals surface area contributed by atoms with E-state index in [1.165, 1.54) is 22.9 Å². The number of amides is 2. The van der Waals surface area contributed by atoms with Gasteiger partial charge in [-0.05, 0) is 98.3 Å². The normalized spacial score (nSPS) is 18.5. The first-order valence-electron chi connectivity index (χ1n) is 20.2. The molecule has 3 atom stereocenters. The van der Waals surface area contributed by atoms with Crippen molar-refractivity contribution in [2.45, 2.75) is 91.9 Å². The van der Waals surface area contributed by atoms with Gasteiger partial charge in [-0.3, -0.25) is 19.4 Å². The maximum Gasteiger partial charge on any atom is 0.243 e. The molecule has 60 heavy (non-hydrogen) atoms. The number of fused-ring (bicyclic) bond motifs is 3. The van der Waals surface area contributed by atoms with E-state index in [0.717, 1.165) is 34.0 Å². The number of aryl methyl sites for hydroxylation is 1. The van der Waals surface area contributed by atoms with E-state index >= 15 is 0 Å². The van der Waals surface area contributed by atoms with Crippen LogP contribution in [0.25, 0.3) is 22.0 Å². The van der Waals surface area contributed by atoms with Crippen molar-refractivity contribution in [2.24, 2.45) is 17.4 Å². The molecular weight excluding hydrogens is 820 g/mol. The van der Waals surface area contributed by atoms with Gasteiger partial charge in [-0.1, -0.05) is 54.0 Å². The predicted octanol–water partition coefficient (Wildman–Crippen LogP) is 5.74. The van der Waals surface area contributed by atoms with E-state index in [4.69, 9.17) is 28.1 Å². The molecule has 2 amide bonds. The highest BCUT2D eigenvalue weighted by atomic mass is 35.5. The zero-order valence-corrected chi connectivity index (χ0v) is 36.6. The number of benzene rings is 2. The Labute approximate surface area is 360 Å². The molecule has 0 bridgehead atoms. The maximum atomic E-state index is 14.7. The van der Waals surface area contributed by atoms with Crippen LogP contribution in [0.4, 0.5) is 0 Å². The molecule has 4 heterocycles. The number of carbonyl (C=O) groups excluding carboxylic acids is 3. The van der Waals surface area contributed by atoms with Crippen molar-refractivity contribution >= 4 is 61.7 Å². The molecule has 13 nitrogen and oxygen atoms in total. The number of hydrogen-bond donors (Lipinski definition) is 5. The van der Waals surface area contributed by atoms with Gasteiger partial charge in [-0.2, -0.15) is 0 Å². The lowest BCUT2D eigenvalue weighted by Gasteiger charge is -2.31. The molecule has 2 aromatic carbocycles. The fraction of sp³-hybridized carbons (Fsp3) is 0.386. The number of para-hydroxylation sites is 1. The van der Waals surface area contributed by atoms with Gasteiger partial charge in [-0.15, -0.1) is 0 Å². The molecular formula is C44H53ClN8O5S2. The number of Topliss-reactive ketones (excluding diaryl/α,β-unsaturated/α-hetero) is 1. The van der Waals surface area contributed by atoms with Crippen LogP contribution in [0.3, 0.4) is 0 Å². The predicted molar refractivity (Wildman–Crippen MR) is 236 cm³/mol. The molecule has 318 valence electrons. The monoisotopic (exact) mass is 872 g/mol. The summed E-state index contributed by atoms with van der Waals surface area (Å²) in [5, 5.41) is 8.54. The summed E-state index contributed by atoms with van der Waals surface area (Å²) in [6.45, 7) is 3.12. The van der Waals surface area contributed by atoms with Crippen molar-refractivity contribution in [3.63, 3.8) is 0 Å². The second-order valence-electron chi connectivity index (χ2n) is 15.4. The second-order valence-corrected chi connectivity index (χ2v) is 18.8. The Hall–Kier alpha value is -4.64. The van der Waals surface area contributed by atoms with Gasteiger partial charge >= 0.3 is 0 Å². The molecule has 0 unspecified atom stereocenters. The van der Waals surface area contributed by atoms with E-state index in [9.17, 15) is 22.8 Å². The average molecular weight is 874 g/mol.